The molecule has 0 aromatic heterocycles. The largest absolute Gasteiger partial charge is 0.788 e. The van der Waals surface area contributed by atoms with Gasteiger partial charge in [-0.05, 0) is 74.2 Å². The van der Waals surface area contributed by atoms with Gasteiger partial charge in [0.1, 0.15) is 90.7 Å². The number of hydrogen-bond donors (Lipinski definition) is 4. The molecule has 5 heterocycles. The number of hydrogen-bond acceptors (Lipinski definition) is 25. The molecule has 5 aliphatic rings. The molecule has 4 N–H and O–H groups in total. The molecule has 0 saturated carbocycles. The highest BCUT2D eigenvalue weighted by Crippen LogP contribution is 2.48. The molecular weight excluding hydrogens is 1300 g/mol. The van der Waals surface area contributed by atoms with Crippen LogP contribution in [0.4, 0.5) is 0 Å². The molecule has 0 aromatic carbocycles. The minimum atomic E-state index is -3.95. The molecule has 30 nitrogen and oxygen atoms in total. The lowest BCUT2D eigenvalue weighted by Crippen LogP contribution is -2.48. The molecule has 5 fully saturated rings. The Bertz CT molecular complexity index is 2170. The monoisotopic (exact) mass is 1410 g/mol. The van der Waals surface area contributed by atoms with Crippen LogP contribution in [-0.2, 0) is 93.6 Å². The Kier molecular flexibility index (Phi) is 52.4. The van der Waals surface area contributed by atoms with E-state index in [4.69, 9.17) is 113 Å². The molecule has 42 heteroatoms. The molecule has 0 aromatic rings. The van der Waals surface area contributed by atoms with Crippen molar-refractivity contribution in [1.29, 1.82) is 0 Å². The van der Waals surface area contributed by atoms with Crippen LogP contribution in [0.2, 0.25) is 6.32 Å². The number of aliphatic hydroxyl groups excluding tert-OH is 1. The summed E-state index contributed by atoms with van der Waals surface area (Å²) >= 11 is 0. The van der Waals surface area contributed by atoms with Gasteiger partial charge >= 0.3 is 0 Å². The molecule has 5 saturated heterocycles. The second-order valence-electron chi connectivity index (χ2n) is 20.6. The van der Waals surface area contributed by atoms with Crippen LogP contribution in [0.15, 0.2) is 0 Å². The number of carbonyl (C=O) groups is 2. The van der Waals surface area contributed by atoms with E-state index in [0.29, 0.717) is 52.2 Å². The lowest BCUT2D eigenvalue weighted by Gasteiger charge is -2.41. The summed E-state index contributed by atoms with van der Waals surface area (Å²) in [5.41, 5.74) is 0. The number of rotatable bonds is 28. The number of aliphatic hydroxyl groups is 1. The van der Waals surface area contributed by atoms with E-state index < -0.39 is 98.1 Å². The lowest BCUT2D eigenvalue weighted by molar-refractivity contribution is -0.206. The van der Waals surface area contributed by atoms with Crippen molar-refractivity contribution < 1.29 is 113 Å². The van der Waals surface area contributed by atoms with Gasteiger partial charge in [0.15, 0.2) is 6.29 Å². The van der Waals surface area contributed by atoms with Gasteiger partial charge in [-0.1, -0.05) is 27.7 Å². The van der Waals surface area contributed by atoms with Crippen LogP contribution in [0.3, 0.4) is 0 Å². The van der Waals surface area contributed by atoms with Crippen LogP contribution in [0, 0.1) is 0 Å². The predicted octanol–water partition coefficient (Wildman–Crippen LogP) is -2.49. The molecule has 5 rings (SSSR count). The van der Waals surface area contributed by atoms with Crippen molar-refractivity contribution in [2.24, 2.45) is 0 Å². The summed E-state index contributed by atoms with van der Waals surface area (Å²) in [5.74, 6) is -0.219. The van der Waals surface area contributed by atoms with Crippen LogP contribution in [0.25, 0.3) is 0 Å². The van der Waals surface area contributed by atoms with Crippen LogP contribution in [0.5, 0.6) is 0 Å². The summed E-state index contributed by atoms with van der Waals surface area (Å²) < 4.78 is 127. The Morgan fingerprint density at radius 3 is 1.59 bits per heavy atom. The summed E-state index contributed by atoms with van der Waals surface area (Å²) in [4.78, 5) is 56.6. The van der Waals surface area contributed by atoms with Crippen molar-refractivity contribution in [1.82, 2.24) is 29.7 Å². The van der Waals surface area contributed by atoms with Gasteiger partial charge in [-0.25, -0.2) is 9.34 Å². The molecule has 5 aliphatic heterocycles. The maximum atomic E-state index is 12.4. The summed E-state index contributed by atoms with van der Waals surface area (Å²) in [7, 11) is 30.5. The van der Waals surface area contributed by atoms with Crippen LogP contribution >= 0.6 is 37.3 Å². The van der Waals surface area contributed by atoms with E-state index >= 15 is 0 Å². The number of carbonyl (C=O) groups excluding carboxylic acids is 2. The number of ketones is 1. The maximum absolute atomic E-state index is 12.4. The van der Waals surface area contributed by atoms with Gasteiger partial charge in [-0.2, -0.15) is 0 Å². The van der Waals surface area contributed by atoms with E-state index in [1.807, 2.05) is 32.4 Å². The van der Waals surface area contributed by atoms with E-state index in [1.165, 1.54) is 33.2 Å². The molecule has 12 radical (unpaired) electrons. The highest BCUT2D eigenvalue weighted by Gasteiger charge is 2.45. The number of likely N-dealkylation sites (N-methyl/N-ethyl adjacent to an activating group) is 1. The highest BCUT2D eigenvalue weighted by atomic mass is 31.2. The third-order valence-corrected chi connectivity index (χ3v) is 18.1. The van der Waals surface area contributed by atoms with Crippen LogP contribution < -0.4 is 30.2 Å². The average molecular weight is 1410 g/mol. The van der Waals surface area contributed by atoms with Gasteiger partial charge in [0, 0.05) is 138 Å². The molecule has 1 amide bonds. The number of nitrogens with zero attached hydrogens (tertiary/aromatic N) is 3. The second-order valence-corrected chi connectivity index (χ2v) is 30.3. The Hall–Kier alpha value is -0.135. The molecule has 0 aliphatic carbocycles. The molecule has 92 heavy (non-hydrogen) atoms. The minimum Gasteiger partial charge on any atom is -0.788 e. The van der Waals surface area contributed by atoms with Crippen molar-refractivity contribution in [2.75, 3.05) is 162 Å². The van der Waals surface area contributed by atoms with Gasteiger partial charge in [0.05, 0.1) is 67.1 Å². The first-order chi connectivity index (χ1) is 42.7. The summed E-state index contributed by atoms with van der Waals surface area (Å²) in [5, 5.41) is 17.3. The fourth-order valence-electron chi connectivity index (χ4n) is 8.39. The van der Waals surface area contributed by atoms with Crippen LogP contribution in [-0.4, -0.2) is 339 Å². The molecular formula is C50H106B7N6O24P5-4. The van der Waals surface area contributed by atoms with Gasteiger partial charge in [0.25, 0.3) is 0 Å². The zero-order chi connectivity index (χ0) is 72.0. The molecule has 11 unspecified atom stereocenters. The van der Waals surface area contributed by atoms with Crippen molar-refractivity contribution in [3.8, 4) is 0 Å². The molecule has 20 atom stereocenters. The van der Waals surface area contributed by atoms with Gasteiger partial charge < -0.3 is 109 Å². The van der Waals surface area contributed by atoms with Gasteiger partial charge in [-0.15, -0.1) is 0 Å². The predicted molar refractivity (Wildman–Crippen MR) is 358 cm³/mol. The first kappa shape index (κ1) is 96.0. The molecule has 530 valence electrons. The van der Waals surface area contributed by atoms with E-state index in [1.54, 1.807) is 53.4 Å². The third kappa shape index (κ3) is 42.7. The minimum absolute atomic E-state index is 0.0241. The number of Topliss-reactive ketones (excluding diaryl/α,β-unsaturated/α-hetero) is 1. The fourth-order valence-corrected chi connectivity index (χ4v) is 12.8. The average Bonchev–Trinajstić information content (AvgIpc) is 1.30. The van der Waals surface area contributed by atoms with Gasteiger partial charge in [-0.3, -0.25) is 24.3 Å². The Morgan fingerprint density at radius 1 is 0.696 bits per heavy atom. The Morgan fingerprint density at radius 2 is 1.18 bits per heavy atom. The topological polar surface area (TPSA) is 375 Å². The van der Waals surface area contributed by atoms with Crippen molar-refractivity contribution in [3.63, 3.8) is 0 Å². The number of ether oxygens (including phenoxy) is 11. The van der Waals surface area contributed by atoms with Gasteiger partial charge in [0.2, 0.25) is 13.4 Å². The first-order valence-corrected chi connectivity index (χ1v) is 39.2. The highest BCUT2D eigenvalue weighted by molar-refractivity contribution is 7.85. The van der Waals surface area contributed by atoms with E-state index in [0.717, 1.165) is 26.4 Å². The summed E-state index contributed by atoms with van der Waals surface area (Å²) in [6, 6.07) is -2.84. The van der Waals surface area contributed by atoms with E-state index in [2.05, 4.69) is 15.5 Å². The second kappa shape index (κ2) is 50.2. The normalized spacial score (nSPS) is 30.7. The van der Waals surface area contributed by atoms with Crippen molar-refractivity contribution in [3.05, 3.63) is 0 Å². The summed E-state index contributed by atoms with van der Waals surface area (Å²) in [6.45, 7) is 19.8. The Labute approximate surface area is 558 Å². The molecule has 0 spiro atoms. The van der Waals surface area contributed by atoms with E-state index in [-0.39, 0.29) is 88.8 Å². The smallest absolute Gasteiger partial charge is 0.214 e. The fraction of sp³-hybridized carbons (Fsp3) is 0.960. The Balaban J connectivity index is -0.00000103. The number of amides is 1. The van der Waals surface area contributed by atoms with Crippen molar-refractivity contribution >= 4 is 104 Å². The zero-order valence-corrected chi connectivity index (χ0v) is 61.1. The van der Waals surface area contributed by atoms with E-state index in [9.17, 15) is 47.1 Å². The molecule has 0 bridgehead atoms. The lowest BCUT2D eigenvalue weighted by atomic mass is 9.93. The number of morpholine rings is 1. The quantitative estimate of drug-likeness (QED) is 0.0358. The maximum Gasteiger partial charge on any atom is 0.214 e. The van der Waals surface area contributed by atoms with Crippen LogP contribution in [0.1, 0.15) is 53.9 Å². The standard InChI is InChI=1S/C10H20BO7P.C8H18BN2O3P.C8H15BN2O2.C7H17B2NO3P.C7H15BNO4P.C6H12BO5P.2C2H6/c1-15-6-7-8(18-19(2,13)14)9(10(11)17-7)16-5-3-4-12;1-10(2)15(4,12)11-5-7(9)14-8(6-11)13-3;1-7(12)6-11(4-3-10-2)8(13)5-9;1-12-4-6-5(3-7(8)13-6)10-14(2,9)11;1-12-4-6-5(3-7(8)13-6)9-14(2,10)11;1-10-4-3-11-6(7)5(4)12-13(2,8)9;2*1-2/h7-10,12H,3-6H2,1-2H3,(H,13,14);7-8H,5-6H2,1-4H3;10H,3-6H2,1-2H3;5-7H,3-4H2,1-2,9H3,(H,10,11);5-7H,3-4H2,1-2H3,(H2,9,10,11);4-6H,3H2,1-2H3,(H,8,9);2*1-2H3/q;;;-1;;;;/p-3/t7-,8?,9+,10-;;;5?,6-,7-,14?;5?,6-,7-;4?,5-,6+;;/m1..110../s1. The number of nitrogens with one attached hydrogen (secondary N) is 3. The first-order valence-electron chi connectivity index (χ1n) is 29.4. The third-order valence-electron chi connectivity index (χ3n) is 12.5. The van der Waals surface area contributed by atoms with Crippen molar-refractivity contribution in [2.45, 2.75) is 151 Å². The summed E-state index contributed by atoms with van der Waals surface area (Å²) in [6.07, 6.45) is -2.50. The zero-order valence-electron chi connectivity index (χ0n) is 56.6. The SMILES string of the molecule is CC.CC.[B]C1CN(P(C)(=O)N(C)C)CC(OC)O1.[B]CC(=O)N(CCNC)CC(C)=O.[B][C@@H]1OCC(OC)[C@@H]1OP(C)(=O)[O-].[B][C@@H]1O[C@H](COC)C(OP(C)(=O)[O-])[C@@H]1OCCCO.[B][C@H]1CC(NP(C)(=O)[O-])[C@@H](COC)O1.[B][C@H]1CC(NP([BH3-])(C)=O)[C@@H](COC)O1. The number of methoxy groups -OCH3 is 5.